The second kappa shape index (κ2) is 8.29. The topological polar surface area (TPSA) is 6.48 Å². The van der Waals surface area contributed by atoms with Crippen molar-refractivity contribution in [2.24, 2.45) is 0 Å². The summed E-state index contributed by atoms with van der Waals surface area (Å²) in [5.74, 6) is 0. The molecule has 3 rings (SSSR count). The molecule has 0 atom stereocenters. The average Bonchev–Trinajstić information content (AvgIpc) is 2.74. The molecule has 115 valence electrons. The van der Waals surface area contributed by atoms with Gasteiger partial charge in [0.2, 0.25) is 0 Å². The average molecular weight is 413 g/mol. The third-order valence-electron chi connectivity index (χ3n) is 3.70. The van der Waals surface area contributed by atoms with E-state index in [0.29, 0.717) is 0 Å². The molecular formula is C17H19Cl2N2Zr. The Hall–Kier alpha value is -0.627. The molecule has 3 aromatic rings. The van der Waals surface area contributed by atoms with Gasteiger partial charge in [-0.3, -0.25) is 0 Å². The van der Waals surface area contributed by atoms with Crippen LogP contribution in [0.3, 0.4) is 0 Å². The number of benzene rings is 2. The summed E-state index contributed by atoms with van der Waals surface area (Å²) >= 11 is 0. The van der Waals surface area contributed by atoms with Crippen LogP contribution in [0, 0.1) is 0 Å². The predicted octanol–water partition coefficient (Wildman–Crippen LogP) is -2.15. The molecule has 0 saturated heterocycles. The van der Waals surface area contributed by atoms with Gasteiger partial charge in [0.05, 0.1) is 0 Å². The van der Waals surface area contributed by atoms with E-state index in [1.807, 2.05) is 0 Å². The summed E-state index contributed by atoms with van der Waals surface area (Å²) in [5.41, 5.74) is 2.49. The molecule has 0 spiro atoms. The summed E-state index contributed by atoms with van der Waals surface area (Å²) in [4.78, 5) is 4.28. The number of hydrogen-bond acceptors (Lipinski definition) is 2. The van der Waals surface area contributed by atoms with Gasteiger partial charge in [-0.05, 0) is 0 Å². The van der Waals surface area contributed by atoms with Crippen molar-refractivity contribution in [3.05, 3.63) is 42.5 Å². The van der Waals surface area contributed by atoms with Crippen LogP contribution in [0.5, 0.6) is 0 Å². The van der Waals surface area contributed by atoms with Crippen molar-refractivity contribution in [3.8, 4) is 0 Å². The van der Waals surface area contributed by atoms with Gasteiger partial charge in [0.15, 0.2) is 0 Å². The predicted molar refractivity (Wildman–Crippen MR) is 85.7 cm³/mol. The molecule has 0 unspecified atom stereocenters. The second-order valence-electron chi connectivity index (χ2n) is 5.48. The van der Waals surface area contributed by atoms with Crippen molar-refractivity contribution in [2.75, 3.05) is 38.0 Å². The number of anilines is 2. The molecule has 0 amide bonds. The first-order valence-electron chi connectivity index (χ1n) is 6.54. The van der Waals surface area contributed by atoms with Crippen LogP contribution in [-0.2, 0) is 26.2 Å². The van der Waals surface area contributed by atoms with Crippen molar-refractivity contribution in [1.29, 1.82) is 0 Å². The zero-order valence-corrected chi connectivity index (χ0v) is 17.2. The summed E-state index contributed by atoms with van der Waals surface area (Å²) in [7, 11) is 8.31. The fourth-order valence-electron chi connectivity index (χ4n) is 2.55. The summed E-state index contributed by atoms with van der Waals surface area (Å²) in [5, 5.41) is 5.31. The van der Waals surface area contributed by atoms with Crippen molar-refractivity contribution in [1.82, 2.24) is 0 Å². The van der Waals surface area contributed by atoms with Crippen LogP contribution >= 0.6 is 0 Å². The number of nitrogens with zero attached hydrogens (tertiary/aromatic N) is 2. The molecule has 0 bridgehead atoms. The van der Waals surface area contributed by atoms with Crippen LogP contribution in [0.2, 0.25) is 0 Å². The first-order chi connectivity index (χ1) is 9.06. The molecule has 22 heavy (non-hydrogen) atoms. The molecule has 0 heterocycles. The summed E-state index contributed by atoms with van der Waals surface area (Å²) in [6.45, 7) is 0. The molecule has 2 nitrogen and oxygen atoms in total. The van der Waals surface area contributed by atoms with Gasteiger partial charge < -0.3 is 34.6 Å². The number of halogens is 2. The molecule has 1 radical (unpaired) electrons. The van der Waals surface area contributed by atoms with Crippen LogP contribution in [0.25, 0.3) is 21.5 Å². The smallest absolute Gasteiger partial charge is 1.00 e. The van der Waals surface area contributed by atoms with Gasteiger partial charge in [0.25, 0.3) is 0 Å². The van der Waals surface area contributed by atoms with Gasteiger partial charge in [0.1, 0.15) is 0 Å². The number of rotatable bonds is 2. The van der Waals surface area contributed by atoms with E-state index in [9.17, 15) is 0 Å². The molecule has 0 aromatic heterocycles. The molecule has 0 fully saturated rings. The summed E-state index contributed by atoms with van der Waals surface area (Å²) < 4.78 is 0. The van der Waals surface area contributed by atoms with E-state index in [4.69, 9.17) is 0 Å². The SMILES string of the molecule is CN(C)c1ccc2c(c1)[cH-]c1cc(N(C)C)ccc12.[Cl-].[Cl-].[Zr+3]. The normalized spacial score (nSPS) is 9.64. The maximum Gasteiger partial charge on any atom is 3.00 e. The van der Waals surface area contributed by atoms with Crippen LogP contribution in [0.1, 0.15) is 0 Å². The van der Waals surface area contributed by atoms with Crippen molar-refractivity contribution in [2.45, 2.75) is 0 Å². The second-order valence-corrected chi connectivity index (χ2v) is 5.48. The van der Waals surface area contributed by atoms with Gasteiger partial charge in [-0.25, -0.2) is 0 Å². The Morgan fingerprint density at radius 2 is 1.05 bits per heavy atom. The molecule has 0 aliphatic heterocycles. The van der Waals surface area contributed by atoms with E-state index < -0.39 is 0 Å². The first-order valence-corrected chi connectivity index (χ1v) is 6.54. The van der Waals surface area contributed by atoms with Crippen molar-refractivity contribution < 1.29 is 51.0 Å². The first kappa shape index (κ1) is 21.4. The van der Waals surface area contributed by atoms with E-state index in [1.54, 1.807) is 0 Å². The minimum atomic E-state index is 0. The Labute approximate surface area is 163 Å². The third kappa shape index (κ3) is 3.82. The van der Waals surface area contributed by atoms with Gasteiger partial charge >= 0.3 is 26.2 Å². The quantitative estimate of drug-likeness (QED) is 0.442. The van der Waals surface area contributed by atoms with Crippen LogP contribution in [0.15, 0.2) is 42.5 Å². The van der Waals surface area contributed by atoms with Crippen molar-refractivity contribution >= 4 is 32.9 Å². The summed E-state index contributed by atoms with van der Waals surface area (Å²) in [6, 6.07) is 15.6. The molecular weight excluding hydrogens is 394 g/mol. The Bertz CT molecular complexity index is 689. The fraction of sp³-hybridized carbons (Fsp3) is 0.235. The molecule has 0 saturated carbocycles. The van der Waals surface area contributed by atoms with E-state index in [-0.39, 0.29) is 51.0 Å². The fourth-order valence-corrected chi connectivity index (χ4v) is 2.55. The molecule has 0 aliphatic carbocycles. The molecule has 0 aliphatic rings. The Morgan fingerprint density at radius 1 is 0.682 bits per heavy atom. The monoisotopic (exact) mass is 411 g/mol. The van der Waals surface area contributed by atoms with Crippen LogP contribution in [0.4, 0.5) is 11.4 Å². The Balaban J connectivity index is 0.00000147. The standard InChI is InChI=1S/C17H19N2.2ClH.Zr/c1-18(2)14-5-7-16-12(10-14)9-13-11-15(19(3)4)6-8-17(13)16;;;/h5-11H,1-4H3;2*1H;/q-1;;;+3/p-2. The maximum atomic E-state index is 2.28. The maximum absolute atomic E-state index is 2.28. The van der Waals surface area contributed by atoms with Gasteiger partial charge in [-0.15, -0.1) is 27.6 Å². The molecule has 5 heteroatoms. The van der Waals surface area contributed by atoms with Gasteiger partial charge in [-0.2, -0.15) is 0 Å². The van der Waals surface area contributed by atoms with Gasteiger partial charge in [0, 0.05) is 39.6 Å². The van der Waals surface area contributed by atoms with Crippen LogP contribution in [-0.4, -0.2) is 28.2 Å². The van der Waals surface area contributed by atoms with E-state index in [1.165, 1.54) is 32.9 Å². The largest absolute Gasteiger partial charge is 3.00 e. The zero-order chi connectivity index (χ0) is 13.6. The molecule has 0 N–H and O–H groups in total. The minimum absolute atomic E-state index is 0. The summed E-state index contributed by atoms with van der Waals surface area (Å²) in [6.07, 6.45) is 0. The third-order valence-corrected chi connectivity index (χ3v) is 3.70. The zero-order valence-electron chi connectivity index (χ0n) is 13.2. The number of hydrogen-bond donors (Lipinski definition) is 0. The Morgan fingerprint density at radius 3 is 1.36 bits per heavy atom. The van der Waals surface area contributed by atoms with E-state index in [2.05, 4.69) is 80.5 Å². The van der Waals surface area contributed by atoms with E-state index in [0.717, 1.165) is 0 Å². The minimum Gasteiger partial charge on any atom is -1.00 e. The Kier molecular flexibility index (Phi) is 8.05. The number of fused-ring (bicyclic) bond motifs is 3. The van der Waals surface area contributed by atoms with E-state index >= 15 is 0 Å². The molecule has 3 aromatic carbocycles. The van der Waals surface area contributed by atoms with Gasteiger partial charge in [-0.1, -0.05) is 36.4 Å². The van der Waals surface area contributed by atoms with Crippen molar-refractivity contribution in [3.63, 3.8) is 0 Å². The van der Waals surface area contributed by atoms with Crippen LogP contribution < -0.4 is 34.6 Å².